The van der Waals surface area contributed by atoms with Crippen molar-refractivity contribution in [2.24, 2.45) is 0 Å². The number of hydrogen-bond acceptors (Lipinski definition) is 3. The summed E-state index contributed by atoms with van der Waals surface area (Å²) in [6.07, 6.45) is 0. The SMILES string of the molecule is c1ccc(-c2nc(-c3cc(-c4cccc5ccccc45)cc(-c4cccc5c4oc4ccccc45)c3)cc(-c3cc4ccccc4c4ccccc34)n2)cc1. The van der Waals surface area contributed by atoms with Crippen LogP contribution in [0.1, 0.15) is 0 Å². The summed E-state index contributed by atoms with van der Waals surface area (Å²) in [6.45, 7) is 0. The maximum absolute atomic E-state index is 6.60. The lowest BCUT2D eigenvalue weighted by Crippen LogP contribution is -1.97. The van der Waals surface area contributed by atoms with E-state index in [9.17, 15) is 0 Å². The Morgan fingerprint density at radius 1 is 0.309 bits per heavy atom. The van der Waals surface area contributed by atoms with Gasteiger partial charge in [-0.1, -0.05) is 158 Å². The summed E-state index contributed by atoms with van der Waals surface area (Å²) < 4.78 is 6.60. The van der Waals surface area contributed by atoms with E-state index < -0.39 is 0 Å². The fourth-order valence-corrected chi connectivity index (χ4v) is 8.25. The van der Waals surface area contributed by atoms with Gasteiger partial charge in [-0.2, -0.15) is 0 Å². The highest BCUT2D eigenvalue weighted by atomic mass is 16.3. The molecule has 0 aliphatic rings. The zero-order chi connectivity index (χ0) is 36.3. The summed E-state index contributed by atoms with van der Waals surface area (Å²) in [5, 5.41) is 9.38. The van der Waals surface area contributed by atoms with E-state index in [0.717, 1.165) is 77.7 Å². The topological polar surface area (TPSA) is 38.9 Å². The smallest absolute Gasteiger partial charge is 0.160 e. The number of aromatic nitrogens is 2. The molecule has 0 aliphatic carbocycles. The first kappa shape index (κ1) is 31.2. The molecule has 256 valence electrons. The highest BCUT2D eigenvalue weighted by Gasteiger charge is 2.18. The predicted octanol–water partition coefficient (Wildman–Crippen LogP) is 14.2. The molecule has 11 rings (SSSR count). The van der Waals surface area contributed by atoms with E-state index in [2.05, 4.69) is 164 Å². The van der Waals surface area contributed by atoms with Gasteiger partial charge in [0.05, 0.1) is 11.4 Å². The fourth-order valence-electron chi connectivity index (χ4n) is 8.25. The zero-order valence-corrected chi connectivity index (χ0v) is 29.8. The lowest BCUT2D eigenvalue weighted by Gasteiger charge is -2.15. The number of furan rings is 1. The lowest BCUT2D eigenvalue weighted by molar-refractivity contribution is 0.670. The van der Waals surface area contributed by atoms with Crippen LogP contribution in [-0.4, -0.2) is 9.97 Å². The molecule has 55 heavy (non-hydrogen) atoms. The molecule has 0 radical (unpaired) electrons. The number of hydrogen-bond donors (Lipinski definition) is 0. The second-order valence-corrected chi connectivity index (χ2v) is 14.1. The van der Waals surface area contributed by atoms with Crippen molar-refractivity contribution in [2.75, 3.05) is 0 Å². The summed E-state index contributed by atoms with van der Waals surface area (Å²) in [4.78, 5) is 10.6. The molecule has 0 N–H and O–H groups in total. The molecule has 0 amide bonds. The lowest BCUT2D eigenvalue weighted by atomic mass is 9.91. The molecule has 2 aromatic heterocycles. The third kappa shape index (κ3) is 5.28. The first-order chi connectivity index (χ1) is 27.2. The van der Waals surface area contributed by atoms with Gasteiger partial charge in [-0.25, -0.2) is 9.97 Å². The van der Waals surface area contributed by atoms with E-state index in [1.807, 2.05) is 30.3 Å². The molecule has 0 unspecified atom stereocenters. The van der Waals surface area contributed by atoms with Crippen LogP contribution in [0.5, 0.6) is 0 Å². The van der Waals surface area contributed by atoms with Crippen molar-refractivity contribution in [3.8, 4) is 56.2 Å². The van der Waals surface area contributed by atoms with Crippen LogP contribution in [0.3, 0.4) is 0 Å². The van der Waals surface area contributed by atoms with Gasteiger partial charge in [-0.15, -0.1) is 0 Å². The first-order valence-electron chi connectivity index (χ1n) is 18.6. The summed E-state index contributed by atoms with van der Waals surface area (Å²) in [5.74, 6) is 0.682. The molecule has 3 nitrogen and oxygen atoms in total. The van der Waals surface area contributed by atoms with Gasteiger partial charge in [0.1, 0.15) is 11.2 Å². The minimum atomic E-state index is 0.682. The van der Waals surface area contributed by atoms with Crippen LogP contribution in [0.2, 0.25) is 0 Å². The maximum atomic E-state index is 6.60. The van der Waals surface area contributed by atoms with Crippen molar-refractivity contribution in [3.63, 3.8) is 0 Å². The molecule has 2 heterocycles. The number of nitrogens with zero attached hydrogens (tertiary/aromatic N) is 2. The van der Waals surface area contributed by atoms with Crippen molar-refractivity contribution < 1.29 is 4.42 Å². The summed E-state index contributed by atoms with van der Waals surface area (Å²) in [7, 11) is 0. The number of benzene rings is 9. The molecule has 0 atom stereocenters. The van der Waals surface area contributed by atoms with E-state index in [-0.39, 0.29) is 0 Å². The molecular weight excluding hydrogens is 669 g/mol. The fraction of sp³-hybridized carbons (Fsp3) is 0. The van der Waals surface area contributed by atoms with Crippen molar-refractivity contribution in [1.29, 1.82) is 0 Å². The Labute approximate surface area is 317 Å². The molecule has 9 aromatic carbocycles. The number of rotatable bonds is 5. The molecule has 0 aliphatic heterocycles. The predicted molar refractivity (Wildman–Crippen MR) is 229 cm³/mol. The Morgan fingerprint density at radius 2 is 0.891 bits per heavy atom. The van der Waals surface area contributed by atoms with Gasteiger partial charge in [0.25, 0.3) is 0 Å². The van der Waals surface area contributed by atoms with Crippen LogP contribution >= 0.6 is 0 Å². The van der Waals surface area contributed by atoms with E-state index in [1.54, 1.807) is 0 Å². The molecule has 3 heteroatoms. The molecule has 0 saturated carbocycles. The Morgan fingerprint density at radius 3 is 1.75 bits per heavy atom. The molecule has 0 spiro atoms. The third-order valence-electron chi connectivity index (χ3n) is 10.8. The second-order valence-electron chi connectivity index (χ2n) is 14.1. The van der Waals surface area contributed by atoms with Gasteiger partial charge >= 0.3 is 0 Å². The molecule has 11 aromatic rings. The highest BCUT2D eigenvalue weighted by Crippen LogP contribution is 2.42. The van der Waals surface area contributed by atoms with E-state index in [4.69, 9.17) is 14.4 Å². The third-order valence-corrected chi connectivity index (χ3v) is 10.8. The van der Waals surface area contributed by atoms with E-state index in [0.29, 0.717) is 5.82 Å². The van der Waals surface area contributed by atoms with E-state index >= 15 is 0 Å². The van der Waals surface area contributed by atoms with Crippen molar-refractivity contribution >= 4 is 54.3 Å². The molecule has 0 bridgehead atoms. The summed E-state index contributed by atoms with van der Waals surface area (Å²) in [6, 6.07) is 68.6. The molecule has 0 saturated heterocycles. The normalized spacial score (nSPS) is 11.6. The van der Waals surface area contributed by atoms with Gasteiger partial charge in [0.2, 0.25) is 0 Å². The second kappa shape index (κ2) is 12.6. The van der Waals surface area contributed by atoms with Gasteiger partial charge in [-0.05, 0) is 85.4 Å². The van der Waals surface area contributed by atoms with Crippen LogP contribution in [-0.2, 0) is 0 Å². The van der Waals surface area contributed by atoms with Crippen molar-refractivity contribution in [1.82, 2.24) is 9.97 Å². The Bertz CT molecular complexity index is 3260. The average molecular weight is 701 g/mol. The van der Waals surface area contributed by atoms with Crippen LogP contribution in [0, 0.1) is 0 Å². The maximum Gasteiger partial charge on any atom is 0.160 e. The monoisotopic (exact) mass is 700 g/mol. The quantitative estimate of drug-likeness (QED) is 0.168. The Kier molecular flexibility index (Phi) is 7.17. The van der Waals surface area contributed by atoms with Gasteiger partial charge < -0.3 is 4.42 Å². The average Bonchev–Trinajstić information content (AvgIpc) is 3.65. The number of fused-ring (bicyclic) bond motifs is 7. The Balaban J connectivity index is 1.21. The van der Waals surface area contributed by atoms with E-state index in [1.165, 1.54) is 26.9 Å². The van der Waals surface area contributed by atoms with Crippen LogP contribution in [0.4, 0.5) is 0 Å². The molecule has 0 fully saturated rings. The molecular formula is C52H32N2O. The summed E-state index contributed by atoms with van der Waals surface area (Å²) in [5.41, 5.74) is 10.9. The Hall–Kier alpha value is -7.36. The van der Waals surface area contributed by atoms with Crippen LogP contribution in [0.25, 0.3) is 110 Å². The van der Waals surface area contributed by atoms with Gasteiger partial charge in [-0.3, -0.25) is 0 Å². The largest absolute Gasteiger partial charge is 0.455 e. The van der Waals surface area contributed by atoms with Crippen LogP contribution in [0.15, 0.2) is 199 Å². The van der Waals surface area contributed by atoms with Crippen LogP contribution < -0.4 is 0 Å². The van der Waals surface area contributed by atoms with Crippen molar-refractivity contribution in [3.05, 3.63) is 194 Å². The number of para-hydroxylation sites is 2. The first-order valence-corrected chi connectivity index (χ1v) is 18.6. The van der Waals surface area contributed by atoms with Crippen molar-refractivity contribution in [2.45, 2.75) is 0 Å². The minimum Gasteiger partial charge on any atom is -0.455 e. The zero-order valence-electron chi connectivity index (χ0n) is 29.8. The van der Waals surface area contributed by atoms with Gasteiger partial charge in [0, 0.05) is 33.0 Å². The summed E-state index contributed by atoms with van der Waals surface area (Å²) >= 11 is 0. The minimum absolute atomic E-state index is 0.682. The highest BCUT2D eigenvalue weighted by molar-refractivity contribution is 6.14. The standard InChI is InChI=1S/C52H32N2O/c1-2-15-34(16-3-1)52-53-48(32-49(54-52)47-31-35-17-5-7-20-40(35)43-21-8-9-22-44(43)47)38-29-36(41-24-12-18-33-14-4-6-19-39(33)41)28-37(30-38)42-25-13-26-46-45-23-10-11-27-50(45)55-51(42)46/h1-32H. The van der Waals surface area contributed by atoms with Gasteiger partial charge in [0.15, 0.2) is 5.82 Å².